The van der Waals surface area contributed by atoms with Crippen molar-refractivity contribution in [3.63, 3.8) is 0 Å². The Hall–Kier alpha value is -4.85. The Labute approximate surface area is 199 Å². The van der Waals surface area contributed by atoms with E-state index >= 15 is 0 Å². The number of carbonyl (C=O) groups excluding carboxylic acids is 2. The number of rotatable bonds is 4. The number of imide groups is 1. The first kappa shape index (κ1) is 20.7. The molecule has 0 bridgehead atoms. The van der Waals surface area contributed by atoms with Crippen LogP contribution in [0.15, 0.2) is 102 Å². The van der Waals surface area contributed by atoms with Crippen molar-refractivity contribution >= 4 is 45.4 Å². The highest BCUT2D eigenvalue weighted by atomic mass is 16.6. The number of amides is 2. The number of non-ortho nitro benzene ring substituents is 1. The molecule has 0 aromatic heterocycles. The summed E-state index contributed by atoms with van der Waals surface area (Å²) in [6.45, 7) is 0. The minimum Gasteiger partial charge on any atom is -0.273 e. The second kappa shape index (κ2) is 7.88. The minimum absolute atomic E-state index is 0.0598. The van der Waals surface area contributed by atoms with E-state index in [0.717, 1.165) is 10.8 Å². The van der Waals surface area contributed by atoms with Crippen molar-refractivity contribution in [3.8, 4) is 0 Å². The van der Waals surface area contributed by atoms with Gasteiger partial charge in [-0.25, -0.2) is 4.90 Å². The highest BCUT2D eigenvalue weighted by Crippen LogP contribution is 2.40. The third-order valence-electron chi connectivity index (χ3n) is 6.43. The van der Waals surface area contributed by atoms with Gasteiger partial charge in [-0.3, -0.25) is 24.7 Å². The molecule has 2 aliphatic rings. The third kappa shape index (κ3) is 3.26. The largest absolute Gasteiger partial charge is 0.273 e. The summed E-state index contributed by atoms with van der Waals surface area (Å²) in [5.74, 6) is -1.57. The molecule has 8 heteroatoms. The molecule has 0 unspecified atom stereocenters. The molecule has 0 N–H and O–H groups in total. The molecule has 4 aromatic rings. The van der Waals surface area contributed by atoms with Gasteiger partial charge in [-0.05, 0) is 52.7 Å². The van der Waals surface area contributed by atoms with Crippen LogP contribution >= 0.6 is 0 Å². The Balaban J connectivity index is 1.46. The molecule has 2 aliphatic heterocycles. The molecule has 2 atom stereocenters. The van der Waals surface area contributed by atoms with Crippen LogP contribution in [0.5, 0.6) is 0 Å². The number of nitro groups is 1. The summed E-state index contributed by atoms with van der Waals surface area (Å²) >= 11 is 0. The molecule has 1 fully saturated rings. The Morgan fingerprint density at radius 3 is 2.14 bits per heavy atom. The fourth-order valence-corrected chi connectivity index (χ4v) is 4.77. The summed E-state index contributed by atoms with van der Waals surface area (Å²) in [6, 6.07) is 27.5. The molecule has 35 heavy (non-hydrogen) atoms. The second-order valence-electron chi connectivity index (χ2n) is 8.44. The first-order chi connectivity index (χ1) is 17.0. The summed E-state index contributed by atoms with van der Waals surface area (Å²) in [6.07, 6.45) is 0. The van der Waals surface area contributed by atoms with E-state index in [0.29, 0.717) is 22.6 Å². The van der Waals surface area contributed by atoms with Gasteiger partial charge in [0.2, 0.25) is 5.91 Å². The lowest BCUT2D eigenvalue weighted by atomic mass is 9.92. The zero-order valence-electron chi connectivity index (χ0n) is 18.3. The average Bonchev–Trinajstić information content (AvgIpc) is 3.41. The van der Waals surface area contributed by atoms with Gasteiger partial charge in [0.25, 0.3) is 11.6 Å². The predicted molar refractivity (Wildman–Crippen MR) is 132 cm³/mol. The van der Waals surface area contributed by atoms with Crippen LogP contribution in [0, 0.1) is 16.0 Å². The molecule has 2 heterocycles. The highest BCUT2D eigenvalue weighted by Gasteiger charge is 2.57. The van der Waals surface area contributed by atoms with Crippen LogP contribution in [0.1, 0.15) is 5.56 Å². The van der Waals surface area contributed by atoms with Crippen molar-refractivity contribution in [3.05, 3.63) is 113 Å². The number of hydrazone groups is 1. The molecule has 0 saturated carbocycles. The first-order valence-electron chi connectivity index (χ1n) is 11.1. The molecule has 2 amide bonds. The lowest BCUT2D eigenvalue weighted by molar-refractivity contribution is -0.384. The van der Waals surface area contributed by atoms with E-state index in [2.05, 4.69) is 5.10 Å². The quantitative estimate of drug-likeness (QED) is 0.252. The summed E-state index contributed by atoms with van der Waals surface area (Å²) in [5, 5.41) is 19.3. The minimum atomic E-state index is -0.846. The molecule has 1 saturated heterocycles. The van der Waals surface area contributed by atoms with Gasteiger partial charge in [0, 0.05) is 12.1 Å². The SMILES string of the molecule is O=C1[C@H]2C(c3ccc([N+](=O)[O-])cc3)=NN(c3ccccc3)[C@@H]2C(=O)N1c1ccc2ccccc2c1. The van der Waals surface area contributed by atoms with Crippen LogP contribution in [0.25, 0.3) is 10.8 Å². The first-order valence-corrected chi connectivity index (χ1v) is 11.1. The number of nitro benzene ring substituents is 1. The smallest absolute Gasteiger partial charge is 0.269 e. The topological polar surface area (TPSA) is 96.1 Å². The maximum atomic E-state index is 13.8. The zero-order chi connectivity index (χ0) is 24.1. The van der Waals surface area contributed by atoms with E-state index < -0.39 is 16.9 Å². The van der Waals surface area contributed by atoms with E-state index in [-0.39, 0.29) is 17.5 Å². The molecule has 170 valence electrons. The summed E-state index contributed by atoms with van der Waals surface area (Å²) in [7, 11) is 0. The number of hydrogen-bond acceptors (Lipinski definition) is 6. The number of carbonyl (C=O) groups is 2. The number of benzene rings is 4. The van der Waals surface area contributed by atoms with Crippen molar-refractivity contribution in [1.82, 2.24) is 0 Å². The summed E-state index contributed by atoms with van der Waals surface area (Å²) < 4.78 is 0. The number of fused-ring (bicyclic) bond motifs is 2. The maximum absolute atomic E-state index is 13.8. The van der Waals surface area contributed by atoms with Crippen molar-refractivity contribution in [1.29, 1.82) is 0 Å². The summed E-state index contributed by atoms with van der Waals surface area (Å²) in [4.78, 5) is 39.4. The van der Waals surface area contributed by atoms with E-state index in [1.165, 1.54) is 17.0 Å². The molecule has 0 aliphatic carbocycles. The zero-order valence-corrected chi connectivity index (χ0v) is 18.3. The number of anilines is 2. The molecular formula is C27H18N4O4. The Bertz CT molecular complexity index is 1530. The van der Waals surface area contributed by atoms with Crippen LogP contribution in [0.4, 0.5) is 17.1 Å². The second-order valence-corrected chi connectivity index (χ2v) is 8.44. The summed E-state index contributed by atoms with van der Waals surface area (Å²) in [5.41, 5.74) is 2.10. The van der Waals surface area contributed by atoms with Gasteiger partial charge in [-0.15, -0.1) is 0 Å². The van der Waals surface area contributed by atoms with Crippen LogP contribution in [-0.2, 0) is 9.59 Å². The van der Waals surface area contributed by atoms with E-state index in [1.807, 2.05) is 66.7 Å². The molecular weight excluding hydrogens is 444 g/mol. The Kier molecular flexibility index (Phi) is 4.67. The van der Waals surface area contributed by atoms with Gasteiger partial charge in [0.05, 0.1) is 22.0 Å². The molecule has 6 rings (SSSR count). The molecule has 0 spiro atoms. The van der Waals surface area contributed by atoms with Gasteiger partial charge in [0.1, 0.15) is 12.0 Å². The van der Waals surface area contributed by atoms with Gasteiger partial charge in [-0.1, -0.05) is 48.5 Å². The maximum Gasteiger partial charge on any atom is 0.269 e. The van der Waals surface area contributed by atoms with E-state index in [4.69, 9.17) is 0 Å². The lowest BCUT2D eigenvalue weighted by Gasteiger charge is -2.22. The van der Waals surface area contributed by atoms with Crippen molar-refractivity contribution in [2.45, 2.75) is 6.04 Å². The molecule has 0 radical (unpaired) electrons. The monoisotopic (exact) mass is 462 g/mol. The van der Waals surface area contributed by atoms with Crippen molar-refractivity contribution in [2.24, 2.45) is 11.0 Å². The van der Waals surface area contributed by atoms with Crippen LogP contribution in [0.2, 0.25) is 0 Å². The fraction of sp³-hybridized carbons (Fsp3) is 0.0741. The van der Waals surface area contributed by atoms with Crippen LogP contribution < -0.4 is 9.91 Å². The number of nitrogens with zero attached hydrogens (tertiary/aromatic N) is 4. The van der Waals surface area contributed by atoms with Crippen molar-refractivity contribution in [2.75, 3.05) is 9.91 Å². The Morgan fingerprint density at radius 1 is 0.743 bits per heavy atom. The van der Waals surface area contributed by atoms with Gasteiger partial charge >= 0.3 is 0 Å². The van der Waals surface area contributed by atoms with E-state index in [1.54, 1.807) is 23.2 Å². The number of para-hydroxylation sites is 1. The van der Waals surface area contributed by atoms with Crippen molar-refractivity contribution < 1.29 is 14.5 Å². The predicted octanol–water partition coefficient (Wildman–Crippen LogP) is 4.53. The molecule has 8 nitrogen and oxygen atoms in total. The normalized spacial score (nSPS) is 19.3. The highest BCUT2D eigenvalue weighted by molar-refractivity contribution is 6.34. The van der Waals surface area contributed by atoms with E-state index in [9.17, 15) is 19.7 Å². The van der Waals surface area contributed by atoms with Gasteiger partial charge in [0.15, 0.2) is 0 Å². The fourth-order valence-electron chi connectivity index (χ4n) is 4.77. The molecule has 4 aromatic carbocycles. The lowest BCUT2D eigenvalue weighted by Crippen LogP contribution is -2.39. The third-order valence-corrected chi connectivity index (χ3v) is 6.43. The van der Waals surface area contributed by atoms with Gasteiger partial charge < -0.3 is 0 Å². The van der Waals surface area contributed by atoms with Crippen LogP contribution in [-0.4, -0.2) is 28.5 Å². The average molecular weight is 462 g/mol. The van der Waals surface area contributed by atoms with Gasteiger partial charge in [-0.2, -0.15) is 5.10 Å². The standard InChI is InChI=1S/C27H18N4O4/c32-26-23-24(18-11-13-21(14-12-18)31(34)35)28-30(20-8-2-1-3-9-20)25(23)27(33)29(26)22-15-10-17-6-4-5-7-19(17)16-22/h1-16,23,25H/t23-,25-/m0/s1. The number of hydrogen-bond donors (Lipinski definition) is 0. The van der Waals surface area contributed by atoms with Crippen LogP contribution in [0.3, 0.4) is 0 Å². The Morgan fingerprint density at radius 2 is 1.43 bits per heavy atom.